The van der Waals surface area contributed by atoms with Gasteiger partial charge in [-0.15, -0.1) is 0 Å². The zero-order chi connectivity index (χ0) is 18.2. The minimum atomic E-state index is -0.903. The van der Waals surface area contributed by atoms with Crippen LogP contribution in [0.25, 0.3) is 0 Å². The van der Waals surface area contributed by atoms with Gasteiger partial charge in [0.1, 0.15) is 11.5 Å². The number of fused-ring (bicyclic) bond motifs is 2. The average molecular weight is 344 g/mol. The second kappa shape index (κ2) is 6.50. The Morgan fingerprint density at radius 3 is 2.72 bits per heavy atom. The molecule has 0 radical (unpaired) electrons. The van der Waals surface area contributed by atoms with Crippen molar-refractivity contribution in [1.82, 2.24) is 5.32 Å². The zero-order valence-corrected chi connectivity index (χ0v) is 14.8. The van der Waals surface area contributed by atoms with Gasteiger partial charge < -0.3 is 15.4 Å². The quantitative estimate of drug-likeness (QED) is 0.823. The van der Waals surface area contributed by atoms with Crippen LogP contribution in [0.3, 0.4) is 0 Å². The van der Waals surface area contributed by atoms with Crippen LogP contribution in [0.4, 0.5) is 5.69 Å². The highest BCUT2D eigenvalue weighted by atomic mass is 16.5. The maximum Gasteiger partial charge on any atom is 0.302 e. The summed E-state index contributed by atoms with van der Waals surface area (Å²) in [5.74, 6) is -0.922. The molecule has 1 aromatic carbocycles. The maximum atomic E-state index is 13.0. The van der Waals surface area contributed by atoms with E-state index < -0.39 is 23.5 Å². The summed E-state index contributed by atoms with van der Waals surface area (Å²) in [7, 11) is 0. The van der Waals surface area contributed by atoms with Gasteiger partial charge in [0.25, 0.3) is 0 Å². The molecule has 2 aliphatic rings. The third kappa shape index (κ3) is 2.90. The fourth-order valence-electron chi connectivity index (χ4n) is 3.99. The van der Waals surface area contributed by atoms with Gasteiger partial charge in [0.15, 0.2) is 0 Å². The lowest BCUT2D eigenvalue weighted by Gasteiger charge is -2.44. The van der Waals surface area contributed by atoms with E-state index in [-0.39, 0.29) is 17.7 Å². The molecule has 1 aromatic rings. The van der Waals surface area contributed by atoms with E-state index in [2.05, 4.69) is 10.6 Å². The van der Waals surface area contributed by atoms with Crippen molar-refractivity contribution in [2.75, 3.05) is 5.32 Å². The second-order valence-corrected chi connectivity index (χ2v) is 7.15. The van der Waals surface area contributed by atoms with Crippen molar-refractivity contribution in [2.24, 2.45) is 5.92 Å². The van der Waals surface area contributed by atoms with Crippen LogP contribution in [0.5, 0.6) is 0 Å². The highest BCUT2D eigenvalue weighted by molar-refractivity contribution is 6.07. The Kier molecular flexibility index (Phi) is 4.54. The lowest BCUT2D eigenvalue weighted by molar-refractivity contribution is -0.154. The van der Waals surface area contributed by atoms with Gasteiger partial charge in [0, 0.05) is 18.5 Å². The number of hydrogen-bond donors (Lipinski definition) is 2. The Hall–Kier alpha value is -2.37. The van der Waals surface area contributed by atoms with Crippen LogP contribution in [0.15, 0.2) is 24.3 Å². The number of hydrogen-bond acceptors (Lipinski definition) is 4. The largest absolute Gasteiger partial charge is 0.460 e. The van der Waals surface area contributed by atoms with Crippen LogP contribution >= 0.6 is 0 Å². The van der Waals surface area contributed by atoms with E-state index in [4.69, 9.17) is 4.74 Å². The molecule has 1 fully saturated rings. The standard InChI is InChI=1S/C19H24N2O4/c1-11(2)17(23)21-16-15(25-12(3)22)9-6-10-19(16)13-7-4-5-8-14(13)20-18(19)24/h4-5,7-8,11,15-16H,6,9-10H2,1-3H3,(H,20,24)(H,21,23)/t15-,16+,19+/m1/s1. The summed E-state index contributed by atoms with van der Waals surface area (Å²) in [6.07, 6.45) is 1.45. The molecule has 6 nitrogen and oxygen atoms in total. The Balaban J connectivity index is 2.07. The van der Waals surface area contributed by atoms with Crippen LogP contribution in [0.1, 0.15) is 45.6 Å². The molecule has 2 N–H and O–H groups in total. The van der Waals surface area contributed by atoms with E-state index in [0.717, 1.165) is 17.7 Å². The first-order chi connectivity index (χ1) is 11.9. The molecule has 1 aliphatic heterocycles. The number of nitrogens with one attached hydrogen (secondary N) is 2. The van der Waals surface area contributed by atoms with Gasteiger partial charge in [-0.1, -0.05) is 32.0 Å². The SMILES string of the molecule is CC(=O)O[C@@H]1CCC[C@@]2(C(=O)Nc3ccccc32)[C@H]1NC(=O)C(C)C. The van der Waals surface area contributed by atoms with Crippen LogP contribution in [0.2, 0.25) is 0 Å². The Morgan fingerprint density at radius 1 is 1.32 bits per heavy atom. The molecule has 0 saturated heterocycles. The minimum absolute atomic E-state index is 0.139. The molecule has 1 spiro atoms. The molecular weight excluding hydrogens is 320 g/mol. The third-order valence-corrected chi connectivity index (χ3v) is 5.16. The number of amides is 2. The van der Waals surface area contributed by atoms with Crippen molar-refractivity contribution in [2.45, 2.75) is 57.6 Å². The van der Waals surface area contributed by atoms with E-state index >= 15 is 0 Å². The van der Waals surface area contributed by atoms with Gasteiger partial charge in [0.05, 0.1) is 6.04 Å². The average Bonchev–Trinajstić information content (AvgIpc) is 2.83. The smallest absolute Gasteiger partial charge is 0.302 e. The Morgan fingerprint density at radius 2 is 2.04 bits per heavy atom. The Bertz CT molecular complexity index is 715. The number of carbonyl (C=O) groups excluding carboxylic acids is 3. The lowest BCUT2D eigenvalue weighted by atomic mass is 9.65. The first-order valence-electron chi connectivity index (χ1n) is 8.75. The molecule has 0 aromatic heterocycles. The first-order valence-corrected chi connectivity index (χ1v) is 8.75. The van der Waals surface area contributed by atoms with E-state index in [1.807, 2.05) is 24.3 Å². The van der Waals surface area contributed by atoms with Crippen molar-refractivity contribution in [1.29, 1.82) is 0 Å². The predicted molar refractivity (Wildman–Crippen MR) is 92.9 cm³/mol. The summed E-state index contributed by atoms with van der Waals surface area (Å²) < 4.78 is 5.50. The van der Waals surface area contributed by atoms with E-state index in [1.54, 1.807) is 13.8 Å². The van der Waals surface area contributed by atoms with Gasteiger partial charge in [-0.05, 0) is 30.9 Å². The summed E-state index contributed by atoms with van der Waals surface area (Å²) in [4.78, 5) is 37.0. The van der Waals surface area contributed by atoms with Gasteiger partial charge in [-0.3, -0.25) is 14.4 Å². The molecule has 1 aliphatic carbocycles. The maximum absolute atomic E-state index is 13.0. The van der Waals surface area contributed by atoms with Crippen molar-refractivity contribution in [3.8, 4) is 0 Å². The fourth-order valence-corrected chi connectivity index (χ4v) is 3.99. The molecule has 3 rings (SSSR count). The predicted octanol–water partition coefficient (Wildman–Crippen LogP) is 2.13. The zero-order valence-electron chi connectivity index (χ0n) is 14.8. The third-order valence-electron chi connectivity index (χ3n) is 5.16. The summed E-state index contributed by atoms with van der Waals surface area (Å²) in [6.45, 7) is 4.95. The molecular formula is C19H24N2O4. The van der Waals surface area contributed by atoms with E-state index in [1.165, 1.54) is 6.92 Å². The number of para-hydroxylation sites is 1. The van der Waals surface area contributed by atoms with E-state index in [0.29, 0.717) is 12.8 Å². The molecule has 0 bridgehead atoms. The molecule has 6 heteroatoms. The van der Waals surface area contributed by atoms with Crippen molar-refractivity contribution in [3.63, 3.8) is 0 Å². The molecule has 1 heterocycles. The normalized spacial score (nSPS) is 27.8. The van der Waals surface area contributed by atoms with Gasteiger partial charge in [0.2, 0.25) is 11.8 Å². The van der Waals surface area contributed by atoms with Crippen LogP contribution in [0, 0.1) is 5.92 Å². The number of esters is 1. The topological polar surface area (TPSA) is 84.5 Å². The van der Waals surface area contributed by atoms with E-state index in [9.17, 15) is 14.4 Å². The second-order valence-electron chi connectivity index (χ2n) is 7.15. The summed E-state index contributed by atoms with van der Waals surface area (Å²) >= 11 is 0. The minimum Gasteiger partial charge on any atom is -0.460 e. The molecule has 134 valence electrons. The Labute approximate surface area is 147 Å². The number of anilines is 1. The van der Waals surface area contributed by atoms with Gasteiger partial charge >= 0.3 is 5.97 Å². The first kappa shape index (κ1) is 17.5. The van der Waals surface area contributed by atoms with Crippen molar-refractivity contribution >= 4 is 23.5 Å². The van der Waals surface area contributed by atoms with Crippen LogP contribution in [-0.4, -0.2) is 29.9 Å². The summed E-state index contributed by atoms with van der Waals surface area (Å²) in [5.41, 5.74) is 0.727. The van der Waals surface area contributed by atoms with Crippen molar-refractivity contribution in [3.05, 3.63) is 29.8 Å². The monoisotopic (exact) mass is 344 g/mol. The fraction of sp³-hybridized carbons (Fsp3) is 0.526. The summed E-state index contributed by atoms with van der Waals surface area (Å²) in [5, 5.41) is 5.93. The molecule has 2 amide bonds. The molecule has 25 heavy (non-hydrogen) atoms. The van der Waals surface area contributed by atoms with Crippen molar-refractivity contribution < 1.29 is 19.1 Å². The van der Waals surface area contributed by atoms with Crippen LogP contribution in [-0.2, 0) is 24.5 Å². The number of benzene rings is 1. The molecule has 0 unspecified atom stereocenters. The van der Waals surface area contributed by atoms with Gasteiger partial charge in [-0.2, -0.15) is 0 Å². The lowest BCUT2D eigenvalue weighted by Crippen LogP contribution is -2.63. The highest BCUT2D eigenvalue weighted by Gasteiger charge is 2.57. The molecule has 3 atom stereocenters. The highest BCUT2D eigenvalue weighted by Crippen LogP contribution is 2.48. The van der Waals surface area contributed by atoms with Gasteiger partial charge in [-0.25, -0.2) is 0 Å². The molecule has 1 saturated carbocycles. The number of ether oxygens (including phenoxy) is 1. The number of rotatable bonds is 3. The summed E-state index contributed by atoms with van der Waals surface area (Å²) in [6, 6.07) is 6.95. The number of carbonyl (C=O) groups is 3. The van der Waals surface area contributed by atoms with Crippen LogP contribution < -0.4 is 10.6 Å².